The number of benzene rings is 1. The molecule has 0 atom stereocenters. The van der Waals surface area contributed by atoms with Gasteiger partial charge in [-0.2, -0.15) is 4.98 Å². The second-order valence-electron chi connectivity index (χ2n) is 11.0. The molecule has 0 unspecified atom stereocenters. The second kappa shape index (κ2) is 12.2. The van der Waals surface area contributed by atoms with Crippen LogP contribution in [0.1, 0.15) is 12.8 Å². The van der Waals surface area contributed by atoms with Crippen molar-refractivity contribution in [2.45, 2.75) is 18.9 Å². The molecule has 0 spiro atoms. The van der Waals surface area contributed by atoms with E-state index < -0.39 is 7.14 Å². The van der Waals surface area contributed by atoms with Gasteiger partial charge in [0.15, 0.2) is 0 Å². The molecule has 2 aliphatic heterocycles. The minimum atomic E-state index is -2.63. The highest BCUT2D eigenvalue weighted by Crippen LogP contribution is 2.39. The Balaban J connectivity index is 1.36. The predicted molar refractivity (Wildman–Crippen MR) is 164 cm³/mol. The van der Waals surface area contributed by atoms with E-state index in [1.807, 2.05) is 6.07 Å². The summed E-state index contributed by atoms with van der Waals surface area (Å²) in [6.45, 7) is 9.91. The van der Waals surface area contributed by atoms with Gasteiger partial charge in [-0.25, -0.2) is 15.0 Å². The first-order valence-corrected chi connectivity index (χ1v) is 16.5. The molecule has 2 aliphatic rings. The van der Waals surface area contributed by atoms with Crippen molar-refractivity contribution < 1.29 is 14.0 Å². The molecule has 2 fully saturated rings. The van der Waals surface area contributed by atoms with Gasteiger partial charge in [-0.15, -0.1) is 0 Å². The number of aromatic nitrogens is 4. The van der Waals surface area contributed by atoms with Gasteiger partial charge in [-0.1, -0.05) is 0 Å². The van der Waals surface area contributed by atoms with Crippen molar-refractivity contribution >= 4 is 35.7 Å². The normalized spacial score (nSPS) is 17.4. The molecule has 2 saturated heterocycles. The van der Waals surface area contributed by atoms with E-state index in [-0.39, 0.29) is 11.8 Å². The average Bonchev–Trinajstić information content (AvgIpc) is 2.97. The molecule has 2 aromatic heterocycles. The second-order valence-corrected chi connectivity index (χ2v) is 14.2. The molecule has 13 heteroatoms. The van der Waals surface area contributed by atoms with Gasteiger partial charge in [0.05, 0.1) is 31.7 Å². The first-order valence-electron chi connectivity index (χ1n) is 13.9. The highest BCUT2D eigenvalue weighted by molar-refractivity contribution is 7.69. The van der Waals surface area contributed by atoms with Crippen molar-refractivity contribution in [3.05, 3.63) is 30.6 Å². The Morgan fingerprint density at radius 2 is 1.71 bits per heavy atom. The Kier molecular flexibility index (Phi) is 8.63. The summed E-state index contributed by atoms with van der Waals surface area (Å²) in [7, 11) is 2.72. The maximum Gasteiger partial charge on any atom is 0.241 e. The molecule has 0 amide bonds. The van der Waals surface area contributed by atoms with Crippen LogP contribution < -0.4 is 30.9 Å². The van der Waals surface area contributed by atoms with E-state index in [1.165, 1.54) is 13.3 Å². The molecule has 0 bridgehead atoms. The van der Waals surface area contributed by atoms with Gasteiger partial charge in [0.2, 0.25) is 11.8 Å². The standard InChI is InChI=1S/C28H40N9O3P/c1-35-12-14-37(15-13-35)19-8-10-36(11-9-19)20-6-7-22(23(16-20)39-2)32-26-21(17-31-28(29)34-26)25-27(40-3)33-24(18-30-25)41(4,5)38/h6-7,16-19H,8-15H2,1-5H3,(H3,29,31,32,34). The fraction of sp³-hybridized carbons (Fsp3) is 0.500. The number of rotatable bonds is 8. The summed E-state index contributed by atoms with van der Waals surface area (Å²) in [6, 6.07) is 6.79. The number of nitrogen functional groups attached to an aromatic ring is 1. The Hall–Kier alpha value is -3.47. The van der Waals surface area contributed by atoms with Gasteiger partial charge in [-0.3, -0.25) is 4.90 Å². The zero-order valence-electron chi connectivity index (χ0n) is 24.5. The van der Waals surface area contributed by atoms with Crippen LogP contribution in [0.15, 0.2) is 30.6 Å². The van der Waals surface area contributed by atoms with Crippen molar-refractivity contribution in [1.82, 2.24) is 29.7 Å². The van der Waals surface area contributed by atoms with E-state index >= 15 is 0 Å². The molecule has 4 heterocycles. The highest BCUT2D eigenvalue weighted by atomic mass is 31.2. The largest absolute Gasteiger partial charge is 0.494 e. The smallest absolute Gasteiger partial charge is 0.241 e. The van der Waals surface area contributed by atoms with Crippen LogP contribution in [0.2, 0.25) is 0 Å². The maximum atomic E-state index is 12.6. The Labute approximate surface area is 241 Å². The van der Waals surface area contributed by atoms with Crippen molar-refractivity contribution in [3.63, 3.8) is 0 Å². The van der Waals surface area contributed by atoms with Crippen molar-refractivity contribution in [1.29, 1.82) is 0 Å². The van der Waals surface area contributed by atoms with Crippen LogP contribution in [0.3, 0.4) is 0 Å². The van der Waals surface area contributed by atoms with E-state index in [9.17, 15) is 4.57 Å². The van der Waals surface area contributed by atoms with Crippen LogP contribution in [0.5, 0.6) is 11.6 Å². The van der Waals surface area contributed by atoms with Gasteiger partial charge in [0.1, 0.15) is 29.8 Å². The number of anilines is 4. The summed E-state index contributed by atoms with van der Waals surface area (Å²) in [5.74, 6) is 1.43. The van der Waals surface area contributed by atoms with Crippen LogP contribution >= 0.6 is 7.14 Å². The third-order valence-electron chi connectivity index (χ3n) is 7.86. The van der Waals surface area contributed by atoms with Crippen LogP contribution in [0.4, 0.5) is 23.1 Å². The molecule has 0 radical (unpaired) electrons. The summed E-state index contributed by atoms with van der Waals surface area (Å²) >= 11 is 0. The molecule has 0 aliphatic carbocycles. The summed E-state index contributed by atoms with van der Waals surface area (Å²) in [6.07, 6.45) is 5.38. The van der Waals surface area contributed by atoms with Crippen molar-refractivity contribution in [2.75, 3.05) is 89.8 Å². The molecule has 3 aromatic rings. The summed E-state index contributed by atoms with van der Waals surface area (Å²) < 4.78 is 23.9. The topological polar surface area (TPSA) is 135 Å². The van der Waals surface area contributed by atoms with E-state index in [4.69, 9.17) is 15.2 Å². The monoisotopic (exact) mass is 581 g/mol. The molecule has 1 aromatic carbocycles. The lowest BCUT2D eigenvalue weighted by molar-refractivity contribution is 0.0982. The first kappa shape index (κ1) is 29.0. The van der Waals surface area contributed by atoms with Gasteiger partial charge in [-0.05, 0) is 45.4 Å². The minimum absolute atomic E-state index is 0.102. The number of piperidine rings is 1. The number of hydrogen-bond donors (Lipinski definition) is 2. The Bertz CT molecular complexity index is 1420. The number of ether oxygens (including phenoxy) is 2. The zero-order chi connectivity index (χ0) is 29.1. The van der Waals surface area contributed by atoms with Gasteiger partial charge >= 0.3 is 0 Å². The molecule has 12 nitrogen and oxygen atoms in total. The highest BCUT2D eigenvalue weighted by Gasteiger charge is 2.27. The predicted octanol–water partition coefficient (Wildman–Crippen LogP) is 2.74. The number of likely N-dealkylation sites (N-methyl/N-ethyl adjacent to an activating group) is 1. The summed E-state index contributed by atoms with van der Waals surface area (Å²) in [4.78, 5) is 25.1. The van der Waals surface area contributed by atoms with Crippen molar-refractivity contribution in [3.8, 4) is 22.9 Å². The SMILES string of the molecule is COc1cc(N2CCC(N3CCN(C)CC3)CC2)ccc1Nc1nc(N)ncc1-c1ncc(P(C)(C)=O)nc1OC. The number of methoxy groups -OCH3 is 2. The molecule has 5 rings (SSSR count). The summed E-state index contributed by atoms with van der Waals surface area (Å²) in [5.41, 5.74) is 9.14. The molecular weight excluding hydrogens is 541 g/mol. The van der Waals surface area contributed by atoms with Crippen LogP contribution in [0.25, 0.3) is 11.3 Å². The zero-order valence-corrected chi connectivity index (χ0v) is 25.4. The third-order valence-corrected chi connectivity index (χ3v) is 9.18. The van der Waals surface area contributed by atoms with E-state index in [0.29, 0.717) is 34.3 Å². The van der Waals surface area contributed by atoms with E-state index in [0.717, 1.165) is 63.5 Å². The lowest BCUT2D eigenvalue weighted by Gasteiger charge is -2.42. The van der Waals surface area contributed by atoms with Crippen LogP contribution in [0, 0.1) is 0 Å². The maximum absolute atomic E-state index is 12.6. The lowest BCUT2D eigenvalue weighted by atomic mass is 10.0. The quantitative estimate of drug-likeness (QED) is 0.379. The number of hydrogen-bond acceptors (Lipinski definition) is 12. The first-order chi connectivity index (χ1) is 19.7. The van der Waals surface area contributed by atoms with Crippen LogP contribution in [-0.2, 0) is 4.57 Å². The minimum Gasteiger partial charge on any atom is -0.494 e. The Morgan fingerprint density at radius 1 is 0.976 bits per heavy atom. The number of nitrogens with two attached hydrogens (primary N) is 1. The fourth-order valence-corrected chi connectivity index (χ4v) is 6.07. The third kappa shape index (κ3) is 6.55. The summed E-state index contributed by atoms with van der Waals surface area (Å²) in [5, 5.41) is 3.35. The average molecular weight is 582 g/mol. The van der Waals surface area contributed by atoms with E-state index in [1.54, 1.807) is 26.6 Å². The lowest BCUT2D eigenvalue weighted by Crippen LogP contribution is -2.52. The molecule has 41 heavy (non-hydrogen) atoms. The molecule has 3 N–H and O–H groups in total. The van der Waals surface area contributed by atoms with Gasteiger partial charge in [0, 0.05) is 63.3 Å². The number of piperazine rings is 1. The Morgan fingerprint density at radius 3 is 2.37 bits per heavy atom. The van der Waals surface area contributed by atoms with Gasteiger partial charge < -0.3 is 34.9 Å². The number of nitrogens with one attached hydrogen (secondary N) is 1. The van der Waals surface area contributed by atoms with E-state index in [2.05, 4.69) is 59.1 Å². The number of nitrogens with zero attached hydrogens (tertiary/aromatic N) is 7. The molecule has 220 valence electrons. The van der Waals surface area contributed by atoms with Gasteiger partial charge in [0.25, 0.3) is 0 Å². The fourth-order valence-electron chi connectivity index (χ4n) is 5.40. The van der Waals surface area contributed by atoms with Crippen LogP contribution in [-0.4, -0.2) is 110 Å². The molecular formula is C28H40N9O3P. The molecule has 0 saturated carbocycles. The van der Waals surface area contributed by atoms with Crippen molar-refractivity contribution in [2.24, 2.45) is 0 Å².